The first kappa shape index (κ1) is 26.7. The summed E-state index contributed by atoms with van der Waals surface area (Å²) in [6.45, 7) is 3.76. The second-order valence-electron chi connectivity index (χ2n) is 10.7. The molecule has 37 heavy (non-hydrogen) atoms. The number of hydrogen-bond donors (Lipinski definition) is 3. The molecule has 5 rings (SSSR count). The van der Waals surface area contributed by atoms with Gasteiger partial charge < -0.3 is 26.0 Å². The maximum absolute atomic E-state index is 13.8. The van der Waals surface area contributed by atoms with Crippen molar-refractivity contribution in [1.29, 1.82) is 0 Å². The van der Waals surface area contributed by atoms with E-state index in [0.29, 0.717) is 43.3 Å². The minimum Gasteiger partial charge on any atom is -0.392 e. The number of hydrogen-bond acceptors (Lipinski definition) is 6. The smallest absolute Gasteiger partial charge is 0.392 e. The molecule has 1 aromatic carbocycles. The van der Waals surface area contributed by atoms with E-state index in [1.165, 1.54) is 0 Å². The van der Waals surface area contributed by atoms with Gasteiger partial charge in [-0.25, -0.2) is 9.18 Å². The van der Waals surface area contributed by atoms with Crippen LogP contribution in [0.15, 0.2) is 23.2 Å². The predicted molar refractivity (Wildman–Crippen MR) is 135 cm³/mol. The summed E-state index contributed by atoms with van der Waals surface area (Å²) >= 11 is 1.75. The lowest BCUT2D eigenvalue weighted by molar-refractivity contribution is -0.139. The molecule has 1 aromatic rings. The van der Waals surface area contributed by atoms with Crippen LogP contribution in [0.1, 0.15) is 37.7 Å². The molecule has 2 heterocycles. The van der Waals surface area contributed by atoms with Crippen LogP contribution in [-0.2, 0) is 6.18 Å². The fraction of sp³-hybridized carbons (Fsp3) is 0.680. The first-order valence-corrected chi connectivity index (χ1v) is 13.7. The molecule has 2 amide bonds. The molecule has 2 saturated carbocycles. The van der Waals surface area contributed by atoms with Gasteiger partial charge in [0.2, 0.25) is 0 Å². The first-order valence-electron chi connectivity index (χ1n) is 12.8. The third-order valence-corrected chi connectivity index (χ3v) is 9.80. The van der Waals surface area contributed by atoms with Crippen molar-refractivity contribution in [1.82, 2.24) is 9.80 Å². The Bertz CT molecular complexity index is 1060. The fourth-order valence-corrected chi connectivity index (χ4v) is 7.70. The van der Waals surface area contributed by atoms with Crippen LogP contribution in [0.2, 0.25) is 0 Å². The van der Waals surface area contributed by atoms with Gasteiger partial charge in [0, 0.05) is 43.2 Å². The molecule has 2 aliphatic heterocycles. The van der Waals surface area contributed by atoms with E-state index in [4.69, 9.17) is 5.73 Å². The highest BCUT2D eigenvalue weighted by Crippen LogP contribution is 2.69. The second kappa shape index (κ2) is 10.3. The molecule has 3 unspecified atom stereocenters. The molecule has 0 bridgehead atoms. The van der Waals surface area contributed by atoms with Gasteiger partial charge in [0.25, 0.3) is 0 Å². The molecular formula is C25H33F4N5O2S. The summed E-state index contributed by atoms with van der Waals surface area (Å²) in [6.07, 6.45) is -0.987. The molecule has 7 nitrogen and oxygen atoms in total. The van der Waals surface area contributed by atoms with Gasteiger partial charge in [0.1, 0.15) is 5.82 Å². The molecule has 3 fully saturated rings. The Balaban J connectivity index is 1.28. The molecule has 12 heteroatoms. The predicted octanol–water partition coefficient (Wildman–Crippen LogP) is 3.78. The SMILES string of the molecule is NCC1=NCC([C@]23CC(N(CCCN4CC[C@@H](O)C4)C(=O)Nc4ccc(F)c(C(F)(F)F)c4)CC2C3)S1. The molecule has 1 saturated heterocycles. The lowest BCUT2D eigenvalue weighted by Gasteiger charge is -2.32. The number of nitrogens with one attached hydrogen (secondary N) is 1. The Labute approximate surface area is 217 Å². The van der Waals surface area contributed by atoms with Gasteiger partial charge in [-0.05, 0) is 68.2 Å². The number of carbonyl (C=O) groups excluding carboxylic acids is 1. The Morgan fingerprint density at radius 1 is 1.35 bits per heavy atom. The number of alkyl halides is 3. The summed E-state index contributed by atoms with van der Waals surface area (Å²) in [4.78, 5) is 21.9. The van der Waals surface area contributed by atoms with Crippen LogP contribution in [-0.4, -0.2) is 82.6 Å². The second-order valence-corrected chi connectivity index (χ2v) is 12.0. The zero-order chi connectivity index (χ0) is 26.4. The van der Waals surface area contributed by atoms with Gasteiger partial charge in [-0.3, -0.25) is 4.99 Å². The Morgan fingerprint density at radius 3 is 2.84 bits per heavy atom. The molecule has 4 aliphatic rings. The summed E-state index contributed by atoms with van der Waals surface area (Å²) in [7, 11) is 0. The number of nitrogens with two attached hydrogens (primary N) is 1. The highest BCUT2D eigenvalue weighted by atomic mass is 32.2. The van der Waals surface area contributed by atoms with Crippen LogP contribution in [0.3, 0.4) is 0 Å². The van der Waals surface area contributed by atoms with Gasteiger partial charge in [0.05, 0.1) is 23.3 Å². The number of halogens is 4. The quantitative estimate of drug-likeness (QED) is 0.434. The highest BCUT2D eigenvalue weighted by molar-refractivity contribution is 8.14. The van der Waals surface area contributed by atoms with E-state index < -0.39 is 23.6 Å². The number of aliphatic hydroxyl groups is 1. The number of β-amino-alcohol motifs (C(OH)–C–C–N with tert-alkyl or cyclic N) is 1. The van der Waals surface area contributed by atoms with Crippen LogP contribution >= 0.6 is 11.8 Å². The van der Waals surface area contributed by atoms with E-state index in [-0.39, 0.29) is 23.2 Å². The average Bonchev–Trinajstić information content (AvgIpc) is 3.25. The largest absolute Gasteiger partial charge is 0.419 e. The summed E-state index contributed by atoms with van der Waals surface area (Å²) in [5.41, 5.74) is 4.40. The molecule has 0 aromatic heterocycles. The zero-order valence-corrected chi connectivity index (χ0v) is 21.3. The Kier molecular flexibility index (Phi) is 7.47. The number of anilines is 1. The number of likely N-dealkylation sites (tertiary alicyclic amines) is 1. The first-order chi connectivity index (χ1) is 17.6. The van der Waals surface area contributed by atoms with E-state index in [2.05, 4.69) is 15.2 Å². The average molecular weight is 544 g/mol. The minimum atomic E-state index is -4.85. The molecular weight excluding hydrogens is 510 g/mol. The summed E-state index contributed by atoms with van der Waals surface area (Å²) < 4.78 is 53.4. The van der Waals surface area contributed by atoms with E-state index in [0.717, 1.165) is 62.5 Å². The van der Waals surface area contributed by atoms with Crippen molar-refractivity contribution in [3.63, 3.8) is 0 Å². The van der Waals surface area contributed by atoms with E-state index in [1.807, 2.05) is 0 Å². The fourth-order valence-electron chi connectivity index (χ4n) is 6.36. The molecule has 4 N–H and O–H groups in total. The highest BCUT2D eigenvalue weighted by Gasteiger charge is 2.65. The number of fused-ring (bicyclic) bond motifs is 1. The molecule has 2 aliphatic carbocycles. The lowest BCUT2D eigenvalue weighted by Crippen LogP contribution is -2.44. The van der Waals surface area contributed by atoms with Crippen LogP contribution in [0.4, 0.5) is 28.0 Å². The summed E-state index contributed by atoms with van der Waals surface area (Å²) in [5, 5.41) is 13.7. The number of amides is 2. The molecule has 5 atom stereocenters. The van der Waals surface area contributed by atoms with Gasteiger partial charge >= 0.3 is 12.2 Å². The Morgan fingerprint density at radius 2 is 2.16 bits per heavy atom. The van der Waals surface area contributed by atoms with Crippen LogP contribution in [0, 0.1) is 17.2 Å². The maximum atomic E-state index is 13.8. The standard InChI is InChI=1S/C25H33F4N5O2S/c26-20-3-2-16(9-19(20)25(27,28)29)32-23(36)34(6-1-5-33-7-4-18(35)14-33)17-8-15-10-24(15,11-17)21-13-31-22(12-30)37-21/h2-3,9,15,17-18,21,35H,1,4-8,10-14,30H2,(H,32,36)/t15?,17?,18-,21?,24-/m1/s1. The van der Waals surface area contributed by atoms with E-state index >= 15 is 0 Å². The van der Waals surface area contributed by atoms with Crippen molar-refractivity contribution in [2.75, 3.05) is 44.6 Å². The number of nitrogens with zero attached hydrogens (tertiary/aromatic N) is 3. The topological polar surface area (TPSA) is 94.2 Å². The van der Waals surface area contributed by atoms with Crippen molar-refractivity contribution >= 4 is 28.5 Å². The van der Waals surface area contributed by atoms with Gasteiger partial charge in [0.15, 0.2) is 0 Å². The minimum absolute atomic E-state index is 0.0343. The monoisotopic (exact) mass is 543 g/mol. The van der Waals surface area contributed by atoms with Crippen molar-refractivity contribution in [3.05, 3.63) is 29.6 Å². The third kappa shape index (κ3) is 5.62. The summed E-state index contributed by atoms with van der Waals surface area (Å²) in [6, 6.07) is 2.02. The normalized spacial score (nSPS) is 31.4. The number of aliphatic imine (C=N–C) groups is 1. The molecule has 204 valence electrons. The number of urea groups is 1. The number of rotatable bonds is 8. The molecule has 0 spiro atoms. The number of thioether (sulfide) groups is 1. The van der Waals surface area contributed by atoms with Gasteiger partial charge in [-0.1, -0.05) is 0 Å². The summed E-state index contributed by atoms with van der Waals surface area (Å²) in [5.74, 6) is -0.880. The van der Waals surface area contributed by atoms with Crippen LogP contribution in [0.25, 0.3) is 0 Å². The Hall–Kier alpha value is -1.89. The zero-order valence-electron chi connectivity index (χ0n) is 20.5. The van der Waals surface area contributed by atoms with Crippen LogP contribution in [0.5, 0.6) is 0 Å². The van der Waals surface area contributed by atoms with Crippen molar-refractivity contribution in [2.45, 2.75) is 55.7 Å². The van der Waals surface area contributed by atoms with E-state index in [1.54, 1.807) is 16.7 Å². The van der Waals surface area contributed by atoms with Crippen molar-refractivity contribution < 1.29 is 27.5 Å². The van der Waals surface area contributed by atoms with Crippen molar-refractivity contribution in [3.8, 4) is 0 Å². The van der Waals surface area contributed by atoms with Gasteiger partial charge in [-0.2, -0.15) is 13.2 Å². The lowest BCUT2D eigenvalue weighted by atomic mass is 9.96. The third-order valence-electron chi connectivity index (χ3n) is 8.32. The maximum Gasteiger partial charge on any atom is 0.419 e. The van der Waals surface area contributed by atoms with Crippen LogP contribution < -0.4 is 11.1 Å². The molecule has 0 radical (unpaired) electrons. The van der Waals surface area contributed by atoms with E-state index in [9.17, 15) is 27.5 Å². The van der Waals surface area contributed by atoms with Gasteiger partial charge in [-0.15, -0.1) is 11.8 Å². The number of aliphatic hydroxyl groups excluding tert-OH is 1. The number of carbonyl (C=O) groups is 1. The van der Waals surface area contributed by atoms with Crippen molar-refractivity contribution in [2.24, 2.45) is 22.1 Å². The number of benzene rings is 1.